The Morgan fingerprint density at radius 2 is 1.71 bits per heavy atom. The number of aryl methyl sites for hydroxylation is 2. The minimum absolute atomic E-state index is 0.0522. The molecule has 38 heavy (non-hydrogen) atoms. The summed E-state index contributed by atoms with van der Waals surface area (Å²) in [6.07, 6.45) is 3.47. The fourth-order valence-corrected chi connectivity index (χ4v) is 4.70. The van der Waals surface area contributed by atoms with Crippen molar-refractivity contribution in [3.8, 4) is 5.75 Å². The van der Waals surface area contributed by atoms with Crippen LogP contribution < -0.4 is 15.4 Å². The first kappa shape index (κ1) is 27.7. The minimum atomic E-state index is -1.31. The summed E-state index contributed by atoms with van der Waals surface area (Å²) in [5.74, 6) is -4.14. The molecular formula is C30H30ClF3N2O2. The van der Waals surface area contributed by atoms with E-state index in [2.05, 4.69) is 10.6 Å². The highest BCUT2D eigenvalue weighted by atomic mass is 35.5. The molecule has 0 fully saturated rings. The Hall–Kier alpha value is -3.29. The Bertz CT molecular complexity index is 1300. The van der Waals surface area contributed by atoms with Gasteiger partial charge in [0.25, 0.3) is 0 Å². The molecule has 0 saturated heterocycles. The van der Waals surface area contributed by atoms with Gasteiger partial charge in [0.2, 0.25) is 11.7 Å². The first-order chi connectivity index (χ1) is 18.4. The van der Waals surface area contributed by atoms with Crippen LogP contribution in [-0.2, 0) is 17.6 Å². The highest BCUT2D eigenvalue weighted by molar-refractivity contribution is 6.31. The molecule has 1 aliphatic rings. The SMILES string of the molecule is O=C(NCCCc1ccccc1Cl)C1=C(c2ccc(CCCOc3c(F)ccc(F)c3F)cc2)CCNC1. The van der Waals surface area contributed by atoms with Crippen LogP contribution in [0.5, 0.6) is 5.75 Å². The van der Waals surface area contributed by atoms with Crippen molar-refractivity contribution >= 4 is 23.1 Å². The van der Waals surface area contributed by atoms with Crippen LogP contribution in [0.25, 0.3) is 5.57 Å². The lowest BCUT2D eigenvalue weighted by Crippen LogP contribution is -2.35. The molecule has 0 saturated carbocycles. The second kappa shape index (κ2) is 13.5. The van der Waals surface area contributed by atoms with Gasteiger partial charge in [0.05, 0.1) is 6.61 Å². The summed E-state index contributed by atoms with van der Waals surface area (Å²) < 4.78 is 45.8. The number of carbonyl (C=O) groups is 1. The standard InChI is InChI=1S/C30H30ClF3N2O2/c31-25-8-2-1-6-22(25)7-3-16-36-30(37)24-19-35-17-15-23(24)21-11-9-20(10-12-21)5-4-18-38-29-27(33)14-13-26(32)28(29)34/h1-2,6,8-14,35H,3-5,7,15-19H2,(H,36,37). The molecule has 200 valence electrons. The van der Waals surface area contributed by atoms with E-state index in [9.17, 15) is 18.0 Å². The van der Waals surface area contributed by atoms with Crippen LogP contribution in [0, 0.1) is 17.5 Å². The maximum atomic E-state index is 13.7. The van der Waals surface area contributed by atoms with E-state index in [1.807, 2.05) is 48.5 Å². The molecule has 4 nitrogen and oxygen atoms in total. The molecule has 0 radical (unpaired) electrons. The number of rotatable bonds is 11. The predicted molar refractivity (Wildman–Crippen MR) is 144 cm³/mol. The number of ether oxygens (including phenoxy) is 1. The van der Waals surface area contributed by atoms with Gasteiger partial charge in [-0.3, -0.25) is 4.79 Å². The van der Waals surface area contributed by atoms with Gasteiger partial charge in [-0.05, 0) is 79.1 Å². The number of halogens is 4. The van der Waals surface area contributed by atoms with Gasteiger partial charge in [-0.1, -0.05) is 54.1 Å². The summed E-state index contributed by atoms with van der Waals surface area (Å²) in [6, 6.07) is 17.2. The molecule has 2 N–H and O–H groups in total. The van der Waals surface area contributed by atoms with Gasteiger partial charge >= 0.3 is 0 Å². The topological polar surface area (TPSA) is 50.4 Å². The van der Waals surface area contributed by atoms with Crippen molar-refractivity contribution in [3.05, 3.63) is 105 Å². The zero-order valence-corrected chi connectivity index (χ0v) is 21.7. The molecule has 1 amide bonds. The molecule has 0 atom stereocenters. The summed E-state index contributed by atoms with van der Waals surface area (Å²) in [4.78, 5) is 13.0. The molecule has 0 unspecified atom stereocenters. The summed E-state index contributed by atoms with van der Waals surface area (Å²) in [7, 11) is 0. The normalized spacial score (nSPS) is 13.5. The molecule has 0 aliphatic carbocycles. The summed E-state index contributed by atoms with van der Waals surface area (Å²) >= 11 is 6.21. The van der Waals surface area contributed by atoms with Crippen molar-refractivity contribution in [1.29, 1.82) is 0 Å². The summed E-state index contributed by atoms with van der Waals surface area (Å²) in [5, 5.41) is 7.07. The smallest absolute Gasteiger partial charge is 0.248 e. The molecule has 0 spiro atoms. The van der Waals surface area contributed by atoms with Crippen molar-refractivity contribution < 1.29 is 22.7 Å². The molecule has 3 aromatic rings. The van der Waals surface area contributed by atoms with Crippen molar-refractivity contribution in [2.24, 2.45) is 0 Å². The maximum Gasteiger partial charge on any atom is 0.248 e. The second-order valence-electron chi connectivity index (χ2n) is 9.16. The third kappa shape index (κ3) is 7.17. The lowest BCUT2D eigenvalue weighted by Gasteiger charge is -2.21. The van der Waals surface area contributed by atoms with Gasteiger partial charge in [0, 0.05) is 23.7 Å². The fraction of sp³-hybridized carbons (Fsp3) is 0.300. The van der Waals surface area contributed by atoms with Gasteiger partial charge in [-0.2, -0.15) is 4.39 Å². The average molecular weight is 543 g/mol. The monoisotopic (exact) mass is 542 g/mol. The maximum absolute atomic E-state index is 13.7. The Kier molecular flexibility index (Phi) is 9.85. The Morgan fingerprint density at radius 3 is 2.50 bits per heavy atom. The summed E-state index contributed by atoms with van der Waals surface area (Å²) in [5.41, 5.74) is 4.87. The van der Waals surface area contributed by atoms with Crippen molar-refractivity contribution in [3.63, 3.8) is 0 Å². The molecule has 1 heterocycles. The van der Waals surface area contributed by atoms with E-state index in [0.29, 0.717) is 25.9 Å². The Labute approximate surface area is 225 Å². The number of carbonyl (C=O) groups excluding carboxylic acids is 1. The predicted octanol–water partition coefficient (Wildman–Crippen LogP) is 6.26. The first-order valence-corrected chi connectivity index (χ1v) is 13.1. The lowest BCUT2D eigenvalue weighted by atomic mass is 9.92. The van der Waals surface area contributed by atoms with Crippen molar-refractivity contribution in [2.45, 2.75) is 32.1 Å². The second-order valence-corrected chi connectivity index (χ2v) is 9.56. The quantitative estimate of drug-likeness (QED) is 0.222. The van der Waals surface area contributed by atoms with E-state index in [1.54, 1.807) is 0 Å². The van der Waals surface area contributed by atoms with Gasteiger partial charge < -0.3 is 15.4 Å². The van der Waals surface area contributed by atoms with Crippen LogP contribution in [0.15, 0.2) is 66.2 Å². The van der Waals surface area contributed by atoms with Gasteiger partial charge in [0.1, 0.15) is 0 Å². The van der Waals surface area contributed by atoms with Gasteiger partial charge in [0.15, 0.2) is 17.4 Å². The molecule has 4 rings (SSSR count). The van der Waals surface area contributed by atoms with Gasteiger partial charge in [-0.15, -0.1) is 0 Å². The van der Waals surface area contributed by atoms with Crippen LogP contribution in [0.1, 0.15) is 36.0 Å². The largest absolute Gasteiger partial charge is 0.488 e. The number of hydrogen-bond donors (Lipinski definition) is 2. The summed E-state index contributed by atoms with van der Waals surface area (Å²) in [6.45, 7) is 1.92. The third-order valence-electron chi connectivity index (χ3n) is 6.52. The number of hydrogen-bond acceptors (Lipinski definition) is 3. The first-order valence-electron chi connectivity index (χ1n) is 12.7. The third-order valence-corrected chi connectivity index (χ3v) is 6.89. The van der Waals surface area contributed by atoms with Crippen LogP contribution in [0.3, 0.4) is 0 Å². The van der Waals surface area contributed by atoms with E-state index in [1.165, 1.54) is 0 Å². The highest BCUT2D eigenvalue weighted by Gasteiger charge is 2.20. The Morgan fingerprint density at radius 1 is 0.947 bits per heavy atom. The zero-order valence-electron chi connectivity index (χ0n) is 21.0. The van der Waals surface area contributed by atoms with Crippen LogP contribution in [0.2, 0.25) is 5.02 Å². The minimum Gasteiger partial charge on any atom is -0.488 e. The van der Waals surface area contributed by atoms with Gasteiger partial charge in [-0.25, -0.2) is 8.78 Å². The van der Waals surface area contributed by atoms with E-state index in [4.69, 9.17) is 16.3 Å². The van der Waals surface area contributed by atoms with E-state index >= 15 is 0 Å². The molecule has 8 heteroatoms. The molecule has 0 bridgehead atoms. The zero-order chi connectivity index (χ0) is 26.9. The fourth-order valence-electron chi connectivity index (χ4n) is 4.47. The number of benzene rings is 3. The van der Waals surface area contributed by atoms with Crippen LogP contribution >= 0.6 is 11.6 Å². The highest BCUT2D eigenvalue weighted by Crippen LogP contribution is 2.26. The lowest BCUT2D eigenvalue weighted by molar-refractivity contribution is -0.117. The molecule has 0 aromatic heterocycles. The Balaban J connectivity index is 1.30. The number of nitrogens with one attached hydrogen (secondary N) is 2. The average Bonchev–Trinajstić information content (AvgIpc) is 2.94. The van der Waals surface area contributed by atoms with Crippen molar-refractivity contribution in [2.75, 3.05) is 26.2 Å². The van der Waals surface area contributed by atoms with Crippen molar-refractivity contribution in [1.82, 2.24) is 10.6 Å². The molecule has 3 aromatic carbocycles. The van der Waals surface area contributed by atoms with E-state index < -0.39 is 23.2 Å². The molecular weight excluding hydrogens is 513 g/mol. The number of amides is 1. The van der Waals surface area contributed by atoms with E-state index in [-0.39, 0.29) is 12.5 Å². The molecule has 1 aliphatic heterocycles. The van der Waals surface area contributed by atoms with Crippen LogP contribution in [0.4, 0.5) is 13.2 Å². The van der Waals surface area contributed by atoms with E-state index in [0.717, 1.165) is 70.8 Å². The van der Waals surface area contributed by atoms with Crippen LogP contribution in [-0.4, -0.2) is 32.1 Å².